The number of nitro benzene ring substituents is 1. The highest BCUT2D eigenvalue weighted by atomic mass is 16.6. The highest BCUT2D eigenvalue weighted by Gasteiger charge is 2.20. The molecule has 0 spiro atoms. The van der Waals surface area contributed by atoms with Gasteiger partial charge >= 0.3 is 0 Å². The van der Waals surface area contributed by atoms with Gasteiger partial charge in [0.1, 0.15) is 0 Å². The van der Waals surface area contributed by atoms with Crippen molar-refractivity contribution in [3.05, 3.63) is 46.0 Å². The third kappa shape index (κ3) is 4.15. The van der Waals surface area contributed by atoms with Crippen LogP contribution in [0.5, 0.6) is 0 Å². The van der Waals surface area contributed by atoms with Gasteiger partial charge in [0.05, 0.1) is 4.92 Å². The molecule has 5 nitrogen and oxygen atoms in total. The molecule has 112 valence electrons. The Labute approximate surface area is 124 Å². The second-order valence-corrected chi connectivity index (χ2v) is 5.42. The summed E-state index contributed by atoms with van der Waals surface area (Å²) in [5.41, 5.74) is 0.837. The summed E-state index contributed by atoms with van der Waals surface area (Å²) in [5, 5.41) is 10.6. The van der Waals surface area contributed by atoms with E-state index in [2.05, 4.69) is 0 Å². The first kappa shape index (κ1) is 15.2. The molecule has 1 aliphatic rings. The molecule has 5 heteroatoms. The van der Waals surface area contributed by atoms with Crippen molar-refractivity contribution in [2.45, 2.75) is 38.1 Å². The molecule has 0 aromatic heterocycles. The summed E-state index contributed by atoms with van der Waals surface area (Å²) >= 11 is 0. The van der Waals surface area contributed by atoms with Crippen LogP contribution in [0.1, 0.15) is 37.7 Å². The number of likely N-dealkylation sites (N-methyl/N-ethyl adjacent to an activating group) is 1. The predicted molar refractivity (Wildman–Crippen MR) is 81.8 cm³/mol. The highest BCUT2D eigenvalue weighted by Crippen LogP contribution is 2.22. The zero-order valence-electron chi connectivity index (χ0n) is 12.2. The van der Waals surface area contributed by atoms with Crippen molar-refractivity contribution in [2.24, 2.45) is 0 Å². The van der Waals surface area contributed by atoms with E-state index in [1.165, 1.54) is 37.5 Å². The van der Waals surface area contributed by atoms with E-state index < -0.39 is 4.92 Å². The Hall–Kier alpha value is -2.17. The maximum atomic E-state index is 12.1. The van der Waals surface area contributed by atoms with Crippen molar-refractivity contribution in [2.75, 3.05) is 7.05 Å². The summed E-state index contributed by atoms with van der Waals surface area (Å²) in [7, 11) is 1.85. The van der Waals surface area contributed by atoms with Crippen LogP contribution in [0.3, 0.4) is 0 Å². The lowest BCUT2D eigenvalue weighted by molar-refractivity contribution is -0.384. The molecule has 1 fully saturated rings. The van der Waals surface area contributed by atoms with Crippen LogP contribution >= 0.6 is 0 Å². The molecule has 0 radical (unpaired) electrons. The molecular formula is C16H20N2O3. The van der Waals surface area contributed by atoms with Gasteiger partial charge in [-0.3, -0.25) is 14.9 Å². The fraction of sp³-hybridized carbons (Fsp3) is 0.438. The van der Waals surface area contributed by atoms with Gasteiger partial charge < -0.3 is 4.90 Å². The third-order valence-corrected chi connectivity index (χ3v) is 3.99. The van der Waals surface area contributed by atoms with Gasteiger partial charge in [0, 0.05) is 31.3 Å². The smallest absolute Gasteiger partial charge is 0.269 e. The first-order valence-corrected chi connectivity index (χ1v) is 7.27. The van der Waals surface area contributed by atoms with Gasteiger partial charge in [-0.2, -0.15) is 0 Å². The maximum Gasteiger partial charge on any atom is 0.269 e. The quantitative estimate of drug-likeness (QED) is 0.484. The molecule has 1 aliphatic carbocycles. The predicted octanol–water partition coefficient (Wildman–Crippen LogP) is 3.40. The zero-order valence-corrected chi connectivity index (χ0v) is 12.2. The van der Waals surface area contributed by atoms with Gasteiger partial charge in [-0.25, -0.2) is 0 Å². The Balaban J connectivity index is 1.95. The van der Waals surface area contributed by atoms with Crippen LogP contribution in [0, 0.1) is 10.1 Å². The maximum absolute atomic E-state index is 12.1. The minimum absolute atomic E-state index is 0.0137. The molecule has 1 amide bonds. The van der Waals surface area contributed by atoms with Crippen LogP contribution in [0.25, 0.3) is 6.08 Å². The van der Waals surface area contributed by atoms with Gasteiger partial charge in [-0.1, -0.05) is 19.3 Å². The van der Waals surface area contributed by atoms with Crippen LogP contribution in [-0.2, 0) is 4.79 Å². The minimum Gasteiger partial charge on any atom is -0.339 e. The van der Waals surface area contributed by atoms with Gasteiger partial charge in [-0.05, 0) is 36.6 Å². The molecule has 0 unspecified atom stereocenters. The van der Waals surface area contributed by atoms with E-state index in [1.54, 1.807) is 23.1 Å². The van der Waals surface area contributed by atoms with Crippen molar-refractivity contribution in [3.63, 3.8) is 0 Å². The van der Waals surface area contributed by atoms with E-state index in [4.69, 9.17) is 0 Å². The second kappa shape index (κ2) is 7.02. The van der Waals surface area contributed by atoms with Crippen LogP contribution in [-0.4, -0.2) is 28.8 Å². The first-order valence-electron chi connectivity index (χ1n) is 7.27. The molecule has 1 aromatic carbocycles. The third-order valence-electron chi connectivity index (χ3n) is 3.99. The number of carbonyl (C=O) groups is 1. The number of nitro groups is 1. The fourth-order valence-corrected chi connectivity index (χ4v) is 2.64. The van der Waals surface area contributed by atoms with Crippen molar-refractivity contribution >= 4 is 17.7 Å². The lowest BCUT2D eigenvalue weighted by Crippen LogP contribution is -2.37. The number of hydrogen-bond donors (Lipinski definition) is 0. The van der Waals surface area contributed by atoms with Crippen molar-refractivity contribution in [3.8, 4) is 0 Å². The molecule has 2 rings (SSSR count). The summed E-state index contributed by atoms with van der Waals surface area (Å²) < 4.78 is 0. The average molecular weight is 288 g/mol. The molecule has 0 saturated heterocycles. The molecule has 0 N–H and O–H groups in total. The van der Waals surface area contributed by atoms with E-state index >= 15 is 0 Å². The van der Waals surface area contributed by atoms with E-state index in [1.807, 2.05) is 7.05 Å². The Morgan fingerprint density at radius 1 is 1.24 bits per heavy atom. The van der Waals surface area contributed by atoms with Crippen LogP contribution in [0.15, 0.2) is 30.3 Å². The van der Waals surface area contributed by atoms with Crippen molar-refractivity contribution in [1.82, 2.24) is 4.90 Å². The van der Waals surface area contributed by atoms with E-state index in [0.717, 1.165) is 18.4 Å². The zero-order chi connectivity index (χ0) is 15.2. The number of nitrogens with zero attached hydrogens (tertiary/aromatic N) is 2. The summed E-state index contributed by atoms with van der Waals surface area (Å²) in [6.45, 7) is 0. The molecule has 21 heavy (non-hydrogen) atoms. The first-order chi connectivity index (χ1) is 10.1. The van der Waals surface area contributed by atoms with E-state index in [0.29, 0.717) is 6.04 Å². The lowest BCUT2D eigenvalue weighted by atomic mass is 9.94. The van der Waals surface area contributed by atoms with Crippen LogP contribution < -0.4 is 0 Å². The van der Waals surface area contributed by atoms with Gasteiger partial charge in [-0.15, -0.1) is 0 Å². The summed E-state index contributed by atoms with van der Waals surface area (Å²) in [5.74, 6) is -0.0137. The molecule has 0 aliphatic heterocycles. The highest BCUT2D eigenvalue weighted by molar-refractivity contribution is 5.91. The second-order valence-electron chi connectivity index (χ2n) is 5.42. The van der Waals surface area contributed by atoms with Gasteiger partial charge in [0.25, 0.3) is 5.69 Å². The largest absolute Gasteiger partial charge is 0.339 e. The SMILES string of the molecule is CN(C(=O)C=Cc1ccc([N+](=O)[O-])cc1)C1CCCCC1. The van der Waals surface area contributed by atoms with Gasteiger partial charge in [0.2, 0.25) is 5.91 Å². The lowest BCUT2D eigenvalue weighted by Gasteiger charge is -2.30. The number of non-ortho nitro benzene ring substituents is 1. The molecule has 0 atom stereocenters. The molecule has 0 heterocycles. The molecule has 1 aromatic rings. The number of carbonyl (C=O) groups excluding carboxylic acids is 1. The molecule has 1 saturated carbocycles. The Morgan fingerprint density at radius 3 is 2.43 bits per heavy atom. The fourth-order valence-electron chi connectivity index (χ4n) is 2.64. The van der Waals surface area contributed by atoms with Crippen molar-refractivity contribution in [1.29, 1.82) is 0 Å². The Bertz CT molecular complexity index is 531. The Morgan fingerprint density at radius 2 is 1.86 bits per heavy atom. The van der Waals surface area contributed by atoms with E-state index in [-0.39, 0.29) is 11.6 Å². The number of amides is 1. The number of hydrogen-bond acceptors (Lipinski definition) is 3. The molecule has 0 bridgehead atoms. The summed E-state index contributed by atoms with van der Waals surface area (Å²) in [6, 6.07) is 6.50. The molecular weight excluding hydrogens is 268 g/mol. The summed E-state index contributed by atoms with van der Waals surface area (Å²) in [4.78, 5) is 24.1. The van der Waals surface area contributed by atoms with Crippen LogP contribution in [0.2, 0.25) is 0 Å². The van der Waals surface area contributed by atoms with Gasteiger partial charge in [0.15, 0.2) is 0 Å². The normalized spacial score (nSPS) is 16.0. The number of benzene rings is 1. The summed E-state index contributed by atoms with van der Waals surface area (Å²) in [6.07, 6.45) is 9.03. The Kier molecular flexibility index (Phi) is 5.09. The number of rotatable bonds is 4. The van der Waals surface area contributed by atoms with E-state index in [9.17, 15) is 14.9 Å². The monoisotopic (exact) mass is 288 g/mol. The standard InChI is InChI=1S/C16H20N2O3/c1-17(14-5-3-2-4-6-14)16(19)12-9-13-7-10-15(11-8-13)18(20)21/h7-12,14H,2-6H2,1H3. The van der Waals surface area contributed by atoms with Crippen molar-refractivity contribution < 1.29 is 9.72 Å². The minimum atomic E-state index is -0.435. The average Bonchev–Trinajstić information content (AvgIpc) is 2.53. The topological polar surface area (TPSA) is 63.5 Å². The van der Waals surface area contributed by atoms with Crippen LogP contribution in [0.4, 0.5) is 5.69 Å².